The average molecular weight is 453 g/mol. The molecule has 1 saturated carbocycles. The molecule has 0 radical (unpaired) electrons. The number of hydrogen-bond donors (Lipinski definition) is 2. The number of hydrogen-bond acceptors (Lipinski definition) is 6. The van der Waals surface area contributed by atoms with Crippen LogP contribution in [-0.4, -0.2) is 77.2 Å². The summed E-state index contributed by atoms with van der Waals surface area (Å²) >= 11 is 0. The number of alkyl carbamates (subject to hydrolysis) is 1. The third-order valence-corrected chi connectivity index (χ3v) is 6.10. The van der Waals surface area contributed by atoms with E-state index in [-0.39, 0.29) is 42.3 Å². The third kappa shape index (κ3) is 5.90. The maximum absolute atomic E-state index is 12.7. The molecule has 3 rings (SSSR count). The van der Waals surface area contributed by atoms with Crippen molar-refractivity contribution in [2.45, 2.75) is 89.9 Å². The van der Waals surface area contributed by atoms with Crippen molar-refractivity contribution < 1.29 is 28.8 Å². The minimum atomic E-state index is -0.575. The Kier molecular flexibility index (Phi) is 7.63. The molecule has 0 unspecified atom stereocenters. The van der Waals surface area contributed by atoms with Crippen LogP contribution in [0, 0.1) is 5.92 Å². The Morgan fingerprint density at radius 1 is 1.16 bits per heavy atom. The summed E-state index contributed by atoms with van der Waals surface area (Å²) in [6.07, 6.45) is 3.68. The predicted octanol–water partition coefficient (Wildman–Crippen LogP) is 1.98. The molecule has 0 aromatic rings. The molecule has 3 fully saturated rings. The first kappa shape index (κ1) is 24.3. The van der Waals surface area contributed by atoms with Crippen LogP contribution in [0.15, 0.2) is 0 Å². The van der Waals surface area contributed by atoms with Gasteiger partial charge >= 0.3 is 12.1 Å². The summed E-state index contributed by atoms with van der Waals surface area (Å²) < 4.78 is 5.22. The van der Waals surface area contributed by atoms with E-state index in [1.807, 2.05) is 0 Å². The SMILES string of the molecule is CCCCON1C(=O)N2C[C@@H]1CC[C@H]2C(=O)NCC(=O)[C@H]1C[C@@H](NC(=O)OC(C)(C)C)C1. The van der Waals surface area contributed by atoms with E-state index in [0.29, 0.717) is 38.8 Å². The van der Waals surface area contributed by atoms with Crippen molar-refractivity contribution in [3.63, 3.8) is 0 Å². The van der Waals surface area contributed by atoms with Crippen LogP contribution in [0.2, 0.25) is 0 Å². The second-order valence-corrected chi connectivity index (χ2v) is 9.89. The standard InChI is InChI=1S/C22H36N4O6/c1-5-6-9-31-26-16-7-8-17(25(13-16)21(26)30)19(28)23-12-18(27)14-10-15(11-14)24-20(29)32-22(2,3)4/h14-17H,5-13H2,1-4H3,(H,23,28)(H,24,29)/t14-,15+,16-,17-/m0/s1. The Hall–Kier alpha value is -2.36. The van der Waals surface area contributed by atoms with Gasteiger partial charge in [0.25, 0.3) is 0 Å². The lowest BCUT2D eigenvalue weighted by Crippen LogP contribution is -2.52. The van der Waals surface area contributed by atoms with Crippen LogP contribution in [0.4, 0.5) is 9.59 Å². The van der Waals surface area contributed by atoms with E-state index >= 15 is 0 Å². The molecule has 1 aliphatic carbocycles. The summed E-state index contributed by atoms with van der Waals surface area (Å²) in [5.41, 5.74) is -0.568. The molecule has 3 aliphatic rings. The molecule has 2 N–H and O–H groups in total. The van der Waals surface area contributed by atoms with E-state index in [9.17, 15) is 19.2 Å². The lowest BCUT2D eigenvalue weighted by Gasteiger charge is -2.35. The Balaban J connectivity index is 1.39. The van der Waals surface area contributed by atoms with Gasteiger partial charge in [-0.1, -0.05) is 13.3 Å². The van der Waals surface area contributed by atoms with Crippen LogP contribution in [0.3, 0.4) is 0 Å². The van der Waals surface area contributed by atoms with E-state index in [4.69, 9.17) is 9.57 Å². The highest BCUT2D eigenvalue weighted by Gasteiger charge is 2.48. The molecule has 0 spiro atoms. The fourth-order valence-corrected chi connectivity index (χ4v) is 4.29. The first-order valence-electron chi connectivity index (χ1n) is 11.6. The molecule has 2 bridgehead atoms. The lowest BCUT2D eigenvalue weighted by molar-refractivity contribution is -0.132. The van der Waals surface area contributed by atoms with Crippen LogP contribution in [-0.2, 0) is 19.2 Å². The molecule has 32 heavy (non-hydrogen) atoms. The molecule has 2 atom stereocenters. The zero-order chi connectivity index (χ0) is 23.5. The van der Waals surface area contributed by atoms with Gasteiger partial charge in [-0.15, -0.1) is 0 Å². The van der Waals surface area contributed by atoms with Gasteiger partial charge in [-0.2, -0.15) is 5.06 Å². The first-order valence-corrected chi connectivity index (χ1v) is 11.6. The number of urea groups is 1. The molecule has 10 nitrogen and oxygen atoms in total. The maximum Gasteiger partial charge on any atom is 0.407 e. The molecule has 10 heteroatoms. The number of unbranched alkanes of at least 4 members (excludes halogenated alkanes) is 1. The molecule has 4 amide bonds. The number of ether oxygens (including phenoxy) is 1. The van der Waals surface area contributed by atoms with Gasteiger partial charge in [0.15, 0.2) is 5.78 Å². The van der Waals surface area contributed by atoms with Gasteiger partial charge in [0.2, 0.25) is 5.91 Å². The van der Waals surface area contributed by atoms with Crippen LogP contribution in [0.5, 0.6) is 0 Å². The topological polar surface area (TPSA) is 117 Å². The summed E-state index contributed by atoms with van der Waals surface area (Å²) in [7, 11) is 0. The molecule has 2 heterocycles. The van der Waals surface area contributed by atoms with Crippen molar-refractivity contribution >= 4 is 23.8 Å². The van der Waals surface area contributed by atoms with Gasteiger partial charge in [-0.05, 0) is 52.9 Å². The highest BCUT2D eigenvalue weighted by molar-refractivity contribution is 5.92. The second kappa shape index (κ2) is 10.1. The van der Waals surface area contributed by atoms with Crippen LogP contribution in [0.1, 0.15) is 66.2 Å². The molecule has 2 saturated heterocycles. The van der Waals surface area contributed by atoms with E-state index < -0.39 is 17.7 Å². The maximum atomic E-state index is 12.7. The minimum Gasteiger partial charge on any atom is -0.444 e. The number of rotatable bonds is 9. The number of fused-ring (bicyclic) bond motifs is 2. The van der Waals surface area contributed by atoms with E-state index in [1.54, 1.807) is 25.7 Å². The molecule has 2 aliphatic heterocycles. The summed E-state index contributed by atoms with van der Waals surface area (Å²) in [5, 5.41) is 6.88. The van der Waals surface area contributed by atoms with Crippen LogP contribution >= 0.6 is 0 Å². The lowest BCUT2D eigenvalue weighted by atomic mass is 9.77. The summed E-state index contributed by atoms with van der Waals surface area (Å²) in [4.78, 5) is 56.7. The smallest absolute Gasteiger partial charge is 0.407 e. The van der Waals surface area contributed by atoms with Gasteiger partial charge in [-0.25, -0.2) is 9.59 Å². The van der Waals surface area contributed by atoms with Crippen LogP contribution < -0.4 is 10.6 Å². The zero-order valence-corrected chi connectivity index (χ0v) is 19.5. The number of hydroxylamine groups is 2. The Labute approximate surface area is 189 Å². The van der Waals surface area contributed by atoms with Crippen molar-refractivity contribution in [2.75, 3.05) is 19.7 Å². The number of nitrogens with one attached hydrogen (secondary N) is 2. The number of ketones is 1. The largest absolute Gasteiger partial charge is 0.444 e. The minimum absolute atomic E-state index is 0.0191. The Morgan fingerprint density at radius 3 is 2.53 bits per heavy atom. The number of Topliss-reactive ketones (excluding diaryl/α,β-unsaturated/α-hetero) is 1. The molecule has 180 valence electrons. The van der Waals surface area contributed by atoms with E-state index in [1.165, 1.54) is 5.06 Å². The number of carbonyl (C=O) groups excluding carboxylic acids is 4. The van der Waals surface area contributed by atoms with Gasteiger partial charge < -0.3 is 20.3 Å². The molecular formula is C22H36N4O6. The summed E-state index contributed by atoms with van der Waals surface area (Å²) in [6, 6.07) is -0.959. The van der Waals surface area contributed by atoms with Crippen molar-refractivity contribution in [2.24, 2.45) is 5.92 Å². The molecule has 0 aromatic carbocycles. The van der Waals surface area contributed by atoms with Crippen molar-refractivity contribution in [3.8, 4) is 0 Å². The van der Waals surface area contributed by atoms with Gasteiger partial charge in [0.05, 0.1) is 19.2 Å². The van der Waals surface area contributed by atoms with Crippen molar-refractivity contribution in [3.05, 3.63) is 0 Å². The zero-order valence-electron chi connectivity index (χ0n) is 19.5. The quantitative estimate of drug-likeness (QED) is 0.517. The normalized spacial score (nSPS) is 27.1. The number of amides is 4. The Bertz CT molecular complexity index is 730. The fourth-order valence-electron chi connectivity index (χ4n) is 4.29. The van der Waals surface area contributed by atoms with E-state index in [0.717, 1.165) is 12.8 Å². The average Bonchev–Trinajstić information content (AvgIpc) is 2.92. The third-order valence-electron chi connectivity index (χ3n) is 6.10. The monoisotopic (exact) mass is 452 g/mol. The summed E-state index contributed by atoms with van der Waals surface area (Å²) in [5.74, 6) is -0.559. The summed E-state index contributed by atoms with van der Waals surface area (Å²) in [6.45, 7) is 8.33. The van der Waals surface area contributed by atoms with Gasteiger partial charge in [-0.3, -0.25) is 14.4 Å². The van der Waals surface area contributed by atoms with Gasteiger partial charge in [0, 0.05) is 18.5 Å². The number of nitrogens with zero attached hydrogens (tertiary/aromatic N) is 2. The molecular weight excluding hydrogens is 416 g/mol. The van der Waals surface area contributed by atoms with E-state index in [2.05, 4.69) is 17.6 Å². The van der Waals surface area contributed by atoms with Crippen LogP contribution in [0.25, 0.3) is 0 Å². The number of carbonyl (C=O) groups is 4. The highest BCUT2D eigenvalue weighted by Crippen LogP contribution is 2.31. The fraction of sp³-hybridized carbons (Fsp3) is 0.818. The Morgan fingerprint density at radius 2 is 1.88 bits per heavy atom. The highest BCUT2D eigenvalue weighted by atomic mass is 16.7. The van der Waals surface area contributed by atoms with Gasteiger partial charge in [0.1, 0.15) is 11.6 Å². The molecule has 0 aromatic heterocycles. The van der Waals surface area contributed by atoms with Crippen molar-refractivity contribution in [1.29, 1.82) is 0 Å². The predicted molar refractivity (Wildman–Crippen MR) is 116 cm³/mol. The van der Waals surface area contributed by atoms with Crippen molar-refractivity contribution in [1.82, 2.24) is 20.6 Å². The number of piperidine rings is 1. The second-order valence-electron chi connectivity index (χ2n) is 9.89. The first-order chi connectivity index (χ1) is 15.1.